The summed E-state index contributed by atoms with van der Waals surface area (Å²) in [5.41, 5.74) is 3.31. The third kappa shape index (κ3) is 5.98. The Labute approximate surface area is 117 Å². The second-order valence-corrected chi connectivity index (χ2v) is 4.48. The summed E-state index contributed by atoms with van der Waals surface area (Å²) in [6.07, 6.45) is 4.32. The first-order valence-electron chi connectivity index (χ1n) is 7.03. The van der Waals surface area contributed by atoms with E-state index in [4.69, 9.17) is 0 Å². The summed E-state index contributed by atoms with van der Waals surface area (Å²) in [4.78, 5) is 0. The predicted molar refractivity (Wildman–Crippen MR) is 83.6 cm³/mol. The van der Waals surface area contributed by atoms with Crippen molar-refractivity contribution in [1.29, 1.82) is 0 Å². The van der Waals surface area contributed by atoms with Crippen molar-refractivity contribution in [3.05, 3.63) is 47.0 Å². The molecule has 0 N–H and O–H groups in total. The van der Waals surface area contributed by atoms with Gasteiger partial charge in [-0.15, -0.1) is 0 Å². The van der Waals surface area contributed by atoms with Gasteiger partial charge in [-0.25, -0.2) is 0 Å². The zero-order valence-corrected chi connectivity index (χ0v) is 12.2. The Balaban J connectivity index is 2.81. The summed E-state index contributed by atoms with van der Waals surface area (Å²) in [7, 11) is 0. The van der Waals surface area contributed by atoms with Gasteiger partial charge in [-0.05, 0) is 31.9 Å². The Morgan fingerprint density at radius 1 is 1.05 bits per heavy atom. The molecular weight excluding hydrogens is 228 g/mol. The normalized spacial score (nSPS) is 10.7. The number of benzene rings is 1. The van der Waals surface area contributed by atoms with Crippen LogP contribution < -0.4 is 0 Å². The minimum absolute atomic E-state index is 0.953. The van der Waals surface area contributed by atoms with Crippen molar-refractivity contribution in [3.63, 3.8) is 0 Å². The molecule has 0 aliphatic rings. The summed E-state index contributed by atoms with van der Waals surface area (Å²) in [5, 5.41) is 0. The first-order chi connectivity index (χ1) is 9.27. The van der Waals surface area contributed by atoms with Crippen molar-refractivity contribution >= 4 is 0 Å². The number of hydrogen-bond donors (Lipinski definition) is 0. The lowest BCUT2D eigenvalue weighted by molar-refractivity contribution is 0.828. The summed E-state index contributed by atoms with van der Waals surface area (Å²) >= 11 is 0. The highest BCUT2D eigenvalue weighted by Gasteiger charge is 1.93. The Kier molecular flexibility index (Phi) is 7.23. The smallest absolute Gasteiger partial charge is 0.0248 e. The van der Waals surface area contributed by atoms with Gasteiger partial charge in [0, 0.05) is 23.1 Å². The van der Waals surface area contributed by atoms with E-state index >= 15 is 0 Å². The predicted octanol–water partition coefficient (Wildman–Crippen LogP) is 4.96. The van der Waals surface area contributed by atoms with Crippen molar-refractivity contribution in [2.75, 3.05) is 0 Å². The van der Waals surface area contributed by atoms with Crippen LogP contribution in [0.4, 0.5) is 0 Å². The van der Waals surface area contributed by atoms with Crippen molar-refractivity contribution in [1.82, 2.24) is 0 Å². The molecule has 1 rings (SSSR count). The van der Waals surface area contributed by atoms with Crippen LogP contribution >= 0.6 is 0 Å². The summed E-state index contributed by atoms with van der Waals surface area (Å²) in [6, 6.07) is 10.1. The highest BCUT2D eigenvalue weighted by atomic mass is 14.0. The van der Waals surface area contributed by atoms with E-state index in [0.717, 1.165) is 24.0 Å². The standard InChI is InChI=1S/C19H22/c1-4-6-7-11-14-19(5-2)17(3)15-16-18-12-9-8-10-13-18/h8-10,12-13H,4-7H2,1-3H3/b19-17-. The van der Waals surface area contributed by atoms with Gasteiger partial charge in [-0.2, -0.15) is 0 Å². The Bertz CT molecular complexity index is 524. The zero-order chi connectivity index (χ0) is 13.9. The molecule has 0 saturated carbocycles. The number of rotatable bonds is 3. The van der Waals surface area contributed by atoms with Crippen LogP contribution in [-0.4, -0.2) is 0 Å². The van der Waals surface area contributed by atoms with Crippen LogP contribution in [0.5, 0.6) is 0 Å². The van der Waals surface area contributed by atoms with Crippen LogP contribution in [-0.2, 0) is 0 Å². The average molecular weight is 250 g/mol. The minimum Gasteiger partial charge on any atom is -0.0982 e. The third-order valence-corrected chi connectivity index (χ3v) is 2.87. The maximum absolute atomic E-state index is 3.27. The molecule has 0 heteroatoms. The van der Waals surface area contributed by atoms with Gasteiger partial charge >= 0.3 is 0 Å². The van der Waals surface area contributed by atoms with Crippen molar-refractivity contribution in [3.8, 4) is 23.7 Å². The molecule has 0 spiro atoms. The first-order valence-corrected chi connectivity index (χ1v) is 7.03. The lowest BCUT2D eigenvalue weighted by Crippen LogP contribution is -1.83. The van der Waals surface area contributed by atoms with E-state index in [1.54, 1.807) is 0 Å². The van der Waals surface area contributed by atoms with Crippen LogP contribution in [0.25, 0.3) is 0 Å². The maximum atomic E-state index is 3.27. The minimum atomic E-state index is 0.953. The van der Waals surface area contributed by atoms with E-state index in [-0.39, 0.29) is 0 Å². The molecule has 0 heterocycles. The highest BCUT2D eigenvalue weighted by molar-refractivity contribution is 5.46. The molecule has 19 heavy (non-hydrogen) atoms. The molecule has 0 bridgehead atoms. The number of unbranched alkanes of at least 4 members (excludes halogenated alkanes) is 2. The second kappa shape index (κ2) is 9.07. The fraction of sp³-hybridized carbons (Fsp3) is 0.368. The van der Waals surface area contributed by atoms with E-state index < -0.39 is 0 Å². The van der Waals surface area contributed by atoms with E-state index in [9.17, 15) is 0 Å². The van der Waals surface area contributed by atoms with Gasteiger partial charge in [0.2, 0.25) is 0 Å². The van der Waals surface area contributed by atoms with Gasteiger partial charge < -0.3 is 0 Å². The quantitative estimate of drug-likeness (QED) is 0.525. The summed E-state index contributed by atoms with van der Waals surface area (Å²) in [6.45, 7) is 6.38. The Morgan fingerprint density at radius 3 is 2.42 bits per heavy atom. The monoisotopic (exact) mass is 250 g/mol. The van der Waals surface area contributed by atoms with Gasteiger partial charge in [0.1, 0.15) is 0 Å². The van der Waals surface area contributed by atoms with E-state index in [1.807, 2.05) is 30.3 Å². The molecule has 0 atom stereocenters. The molecule has 0 aliphatic heterocycles. The zero-order valence-electron chi connectivity index (χ0n) is 12.2. The number of hydrogen-bond acceptors (Lipinski definition) is 0. The van der Waals surface area contributed by atoms with Gasteiger partial charge in [0.25, 0.3) is 0 Å². The molecule has 0 amide bonds. The summed E-state index contributed by atoms with van der Waals surface area (Å²) < 4.78 is 0. The molecular formula is C19H22. The molecule has 0 fully saturated rings. The molecule has 0 saturated heterocycles. The second-order valence-electron chi connectivity index (χ2n) is 4.48. The van der Waals surface area contributed by atoms with E-state index in [2.05, 4.69) is 44.5 Å². The molecule has 0 aromatic heterocycles. The fourth-order valence-electron chi connectivity index (χ4n) is 1.64. The highest BCUT2D eigenvalue weighted by Crippen LogP contribution is 2.07. The van der Waals surface area contributed by atoms with Crippen LogP contribution in [0, 0.1) is 23.7 Å². The van der Waals surface area contributed by atoms with Gasteiger partial charge in [-0.3, -0.25) is 0 Å². The van der Waals surface area contributed by atoms with Crippen LogP contribution in [0.3, 0.4) is 0 Å². The van der Waals surface area contributed by atoms with E-state index in [1.165, 1.54) is 18.4 Å². The largest absolute Gasteiger partial charge is 0.0982 e. The first kappa shape index (κ1) is 15.1. The van der Waals surface area contributed by atoms with Crippen molar-refractivity contribution in [2.24, 2.45) is 0 Å². The Morgan fingerprint density at radius 2 is 1.79 bits per heavy atom. The van der Waals surface area contributed by atoms with Crippen molar-refractivity contribution < 1.29 is 0 Å². The topological polar surface area (TPSA) is 0 Å². The van der Waals surface area contributed by atoms with Crippen LogP contribution in [0.15, 0.2) is 41.5 Å². The molecule has 1 aromatic carbocycles. The molecule has 0 aliphatic carbocycles. The van der Waals surface area contributed by atoms with Gasteiger partial charge in [0.15, 0.2) is 0 Å². The average Bonchev–Trinajstić information content (AvgIpc) is 2.46. The van der Waals surface area contributed by atoms with Gasteiger partial charge in [-0.1, -0.05) is 62.1 Å². The molecule has 0 radical (unpaired) electrons. The van der Waals surface area contributed by atoms with Crippen LogP contribution in [0.2, 0.25) is 0 Å². The number of allylic oxidation sites excluding steroid dienone is 2. The lowest BCUT2D eigenvalue weighted by Gasteiger charge is -1.96. The summed E-state index contributed by atoms with van der Waals surface area (Å²) in [5.74, 6) is 12.9. The molecule has 98 valence electrons. The van der Waals surface area contributed by atoms with Crippen LogP contribution in [0.1, 0.15) is 52.0 Å². The molecule has 0 nitrogen and oxygen atoms in total. The van der Waals surface area contributed by atoms with Crippen molar-refractivity contribution in [2.45, 2.75) is 46.5 Å². The lowest BCUT2D eigenvalue weighted by atomic mass is 10.1. The van der Waals surface area contributed by atoms with E-state index in [0.29, 0.717) is 0 Å². The molecule has 1 aromatic rings. The third-order valence-electron chi connectivity index (χ3n) is 2.87. The Hall–Kier alpha value is -1.92. The fourth-order valence-corrected chi connectivity index (χ4v) is 1.64. The van der Waals surface area contributed by atoms with Gasteiger partial charge in [0.05, 0.1) is 0 Å². The molecule has 0 unspecified atom stereocenters. The maximum Gasteiger partial charge on any atom is 0.0248 e. The SMILES string of the molecule is CCCCC#C/C(CC)=C(/C)C#Cc1ccccc1.